The Morgan fingerprint density at radius 1 is 1.30 bits per heavy atom. The molecule has 23 heavy (non-hydrogen) atoms. The van der Waals surface area contributed by atoms with Crippen molar-refractivity contribution in [3.05, 3.63) is 29.8 Å². The summed E-state index contributed by atoms with van der Waals surface area (Å²) >= 11 is 0. The van der Waals surface area contributed by atoms with Crippen molar-refractivity contribution < 1.29 is 19.1 Å². The monoisotopic (exact) mass is 320 g/mol. The maximum atomic E-state index is 12.0. The molecule has 0 aliphatic carbocycles. The summed E-state index contributed by atoms with van der Waals surface area (Å²) in [6.45, 7) is 4.49. The first kappa shape index (κ1) is 17.4. The molecule has 0 aromatic heterocycles. The van der Waals surface area contributed by atoms with E-state index in [9.17, 15) is 9.59 Å². The van der Waals surface area contributed by atoms with E-state index in [1.807, 2.05) is 6.92 Å². The summed E-state index contributed by atoms with van der Waals surface area (Å²) in [5.74, 6) is -0.255. The van der Waals surface area contributed by atoms with Crippen molar-refractivity contribution in [3.63, 3.8) is 0 Å². The van der Waals surface area contributed by atoms with Crippen molar-refractivity contribution in [3.8, 4) is 0 Å². The summed E-state index contributed by atoms with van der Waals surface area (Å²) in [7, 11) is 0. The van der Waals surface area contributed by atoms with Crippen molar-refractivity contribution in [2.45, 2.75) is 32.3 Å². The van der Waals surface area contributed by atoms with Gasteiger partial charge in [0.15, 0.2) is 0 Å². The number of nitrogens with one attached hydrogen (secondary N) is 2. The van der Waals surface area contributed by atoms with E-state index >= 15 is 0 Å². The van der Waals surface area contributed by atoms with E-state index in [-0.39, 0.29) is 17.9 Å². The number of carbonyl (C=O) groups is 2. The summed E-state index contributed by atoms with van der Waals surface area (Å²) in [6, 6.07) is 6.84. The third-order valence-corrected chi connectivity index (χ3v) is 3.59. The van der Waals surface area contributed by atoms with Gasteiger partial charge in [-0.2, -0.15) is 0 Å². The highest BCUT2D eigenvalue weighted by Crippen LogP contribution is 2.15. The van der Waals surface area contributed by atoms with Gasteiger partial charge in [0.25, 0.3) is 11.8 Å². The Morgan fingerprint density at radius 3 is 2.74 bits per heavy atom. The molecule has 1 atom stereocenters. The van der Waals surface area contributed by atoms with Crippen molar-refractivity contribution in [1.29, 1.82) is 0 Å². The van der Waals surface area contributed by atoms with Crippen LogP contribution in [-0.2, 0) is 14.3 Å². The Bertz CT molecular complexity index is 510. The van der Waals surface area contributed by atoms with Gasteiger partial charge >= 0.3 is 0 Å². The molecule has 1 aliphatic heterocycles. The molecule has 2 amide bonds. The SMILES string of the molecule is CCOCCCNC(=O)c1ccc(NC(=O)[C@@H]2CCCO2)cc1. The van der Waals surface area contributed by atoms with E-state index in [1.165, 1.54) is 0 Å². The fourth-order valence-electron chi connectivity index (χ4n) is 2.33. The first-order valence-corrected chi connectivity index (χ1v) is 8.09. The van der Waals surface area contributed by atoms with Gasteiger partial charge in [0.2, 0.25) is 0 Å². The molecule has 0 bridgehead atoms. The number of benzene rings is 1. The Kier molecular flexibility index (Phi) is 7.03. The highest BCUT2D eigenvalue weighted by molar-refractivity contribution is 5.96. The number of hydrogen-bond donors (Lipinski definition) is 2. The highest BCUT2D eigenvalue weighted by atomic mass is 16.5. The second-order valence-electron chi connectivity index (χ2n) is 5.37. The minimum absolute atomic E-state index is 0.126. The maximum absolute atomic E-state index is 12.0. The standard InChI is InChI=1S/C17H24N2O4/c1-2-22-11-4-10-18-16(20)13-6-8-14(9-7-13)19-17(21)15-5-3-12-23-15/h6-9,15H,2-5,10-12H2,1H3,(H,18,20)(H,19,21)/t15-/m0/s1. The Balaban J connectivity index is 1.77. The molecule has 1 heterocycles. The molecule has 2 N–H and O–H groups in total. The Morgan fingerprint density at radius 2 is 2.09 bits per heavy atom. The second-order valence-corrected chi connectivity index (χ2v) is 5.37. The molecule has 0 radical (unpaired) electrons. The van der Waals surface area contributed by atoms with E-state index < -0.39 is 0 Å². The van der Waals surface area contributed by atoms with E-state index in [0.29, 0.717) is 37.6 Å². The van der Waals surface area contributed by atoms with Gasteiger partial charge < -0.3 is 20.1 Å². The lowest BCUT2D eigenvalue weighted by molar-refractivity contribution is -0.124. The number of ether oxygens (including phenoxy) is 2. The molecule has 1 saturated heterocycles. The molecule has 1 aromatic carbocycles. The molecule has 0 saturated carbocycles. The third-order valence-electron chi connectivity index (χ3n) is 3.59. The van der Waals surface area contributed by atoms with Crippen LogP contribution < -0.4 is 10.6 Å². The van der Waals surface area contributed by atoms with E-state index in [0.717, 1.165) is 19.3 Å². The molecule has 6 heteroatoms. The van der Waals surface area contributed by atoms with Gasteiger partial charge in [0.05, 0.1) is 0 Å². The van der Waals surface area contributed by atoms with Crippen LogP contribution in [0.2, 0.25) is 0 Å². The Hall–Kier alpha value is -1.92. The van der Waals surface area contributed by atoms with Crippen LogP contribution in [0.25, 0.3) is 0 Å². The van der Waals surface area contributed by atoms with Gasteiger partial charge in [0.1, 0.15) is 6.10 Å². The number of rotatable bonds is 8. The largest absolute Gasteiger partial charge is 0.382 e. The second kappa shape index (κ2) is 9.27. The van der Waals surface area contributed by atoms with Crippen molar-refractivity contribution in [2.24, 2.45) is 0 Å². The Labute approximate surface area is 136 Å². The minimum atomic E-state index is -0.358. The van der Waals surface area contributed by atoms with Crippen LogP contribution in [0.4, 0.5) is 5.69 Å². The average molecular weight is 320 g/mol. The van der Waals surface area contributed by atoms with Crippen molar-refractivity contribution in [2.75, 3.05) is 31.7 Å². The predicted octanol–water partition coefficient (Wildman–Crippen LogP) is 1.96. The molecule has 1 fully saturated rings. The van der Waals surface area contributed by atoms with Gasteiger partial charge in [-0.3, -0.25) is 9.59 Å². The summed E-state index contributed by atoms with van der Waals surface area (Å²) in [6.07, 6.45) is 2.10. The van der Waals surface area contributed by atoms with Crippen LogP contribution in [0.1, 0.15) is 36.5 Å². The van der Waals surface area contributed by atoms with Crippen LogP contribution in [0.5, 0.6) is 0 Å². The predicted molar refractivity (Wildman–Crippen MR) is 87.5 cm³/mol. The van der Waals surface area contributed by atoms with Gasteiger partial charge in [0, 0.05) is 37.6 Å². The maximum Gasteiger partial charge on any atom is 0.253 e. The molecule has 1 aliphatic rings. The molecule has 126 valence electrons. The first-order chi connectivity index (χ1) is 11.2. The van der Waals surface area contributed by atoms with Crippen LogP contribution in [-0.4, -0.2) is 44.3 Å². The summed E-state index contributed by atoms with van der Waals surface area (Å²) in [5, 5.41) is 5.64. The minimum Gasteiger partial charge on any atom is -0.382 e. The number of amides is 2. The van der Waals surface area contributed by atoms with E-state index in [1.54, 1.807) is 24.3 Å². The van der Waals surface area contributed by atoms with Crippen molar-refractivity contribution in [1.82, 2.24) is 5.32 Å². The lowest BCUT2D eigenvalue weighted by atomic mass is 10.1. The summed E-state index contributed by atoms with van der Waals surface area (Å²) in [5.41, 5.74) is 1.23. The molecule has 0 unspecified atom stereocenters. The number of hydrogen-bond acceptors (Lipinski definition) is 4. The molecular formula is C17H24N2O4. The zero-order valence-corrected chi connectivity index (χ0v) is 13.5. The molecular weight excluding hydrogens is 296 g/mol. The zero-order valence-electron chi connectivity index (χ0n) is 13.5. The first-order valence-electron chi connectivity index (χ1n) is 8.09. The fourth-order valence-corrected chi connectivity index (χ4v) is 2.33. The van der Waals surface area contributed by atoms with Crippen LogP contribution in [0, 0.1) is 0 Å². The third kappa shape index (κ3) is 5.65. The quantitative estimate of drug-likeness (QED) is 0.718. The fraction of sp³-hybridized carbons (Fsp3) is 0.529. The van der Waals surface area contributed by atoms with Crippen LogP contribution in [0.15, 0.2) is 24.3 Å². The van der Waals surface area contributed by atoms with E-state index in [2.05, 4.69) is 10.6 Å². The molecule has 2 rings (SSSR count). The van der Waals surface area contributed by atoms with Crippen LogP contribution >= 0.6 is 0 Å². The van der Waals surface area contributed by atoms with Crippen LogP contribution in [0.3, 0.4) is 0 Å². The number of anilines is 1. The molecule has 6 nitrogen and oxygen atoms in total. The van der Waals surface area contributed by atoms with Gasteiger partial charge in [-0.15, -0.1) is 0 Å². The lowest BCUT2D eigenvalue weighted by Crippen LogP contribution is -2.27. The normalized spacial score (nSPS) is 17.0. The highest BCUT2D eigenvalue weighted by Gasteiger charge is 2.23. The summed E-state index contributed by atoms with van der Waals surface area (Å²) < 4.78 is 10.5. The van der Waals surface area contributed by atoms with Gasteiger partial charge in [-0.1, -0.05) is 0 Å². The van der Waals surface area contributed by atoms with Crippen molar-refractivity contribution >= 4 is 17.5 Å². The molecule has 1 aromatic rings. The van der Waals surface area contributed by atoms with Gasteiger partial charge in [-0.25, -0.2) is 0 Å². The number of carbonyl (C=O) groups excluding carboxylic acids is 2. The van der Waals surface area contributed by atoms with E-state index in [4.69, 9.17) is 9.47 Å². The topological polar surface area (TPSA) is 76.7 Å². The molecule has 0 spiro atoms. The zero-order chi connectivity index (χ0) is 16.5. The smallest absolute Gasteiger partial charge is 0.253 e. The average Bonchev–Trinajstić information content (AvgIpc) is 3.10. The lowest BCUT2D eigenvalue weighted by Gasteiger charge is -2.11. The van der Waals surface area contributed by atoms with Gasteiger partial charge in [-0.05, 0) is 50.5 Å². The summed E-state index contributed by atoms with van der Waals surface area (Å²) in [4.78, 5) is 23.9.